The Bertz CT molecular complexity index is 537. The molecule has 20 heavy (non-hydrogen) atoms. The molecule has 0 aromatic carbocycles. The molecule has 0 bridgehead atoms. The predicted octanol–water partition coefficient (Wildman–Crippen LogP) is 2.04. The predicted molar refractivity (Wildman–Crippen MR) is 82.4 cm³/mol. The summed E-state index contributed by atoms with van der Waals surface area (Å²) >= 11 is 2.96. The highest BCUT2D eigenvalue weighted by Gasteiger charge is 2.09. The molecule has 2 aromatic rings. The van der Waals surface area contributed by atoms with Crippen LogP contribution in [-0.2, 0) is 6.54 Å². The molecule has 0 saturated heterocycles. The highest BCUT2D eigenvalue weighted by atomic mass is 32.2. The Kier molecular flexibility index (Phi) is 5.27. The molecule has 8 heteroatoms. The maximum atomic E-state index is 4.34. The molecule has 1 N–H and O–H groups in total. The molecule has 0 atom stereocenters. The Morgan fingerprint density at radius 1 is 1.25 bits per heavy atom. The summed E-state index contributed by atoms with van der Waals surface area (Å²) in [7, 11) is 3.89. The summed E-state index contributed by atoms with van der Waals surface area (Å²) in [5, 5.41) is 13.1. The summed E-state index contributed by atoms with van der Waals surface area (Å²) in [5.74, 6) is 0. The van der Waals surface area contributed by atoms with Crippen molar-refractivity contribution in [1.82, 2.24) is 25.5 Å². The molecule has 0 saturated carbocycles. The van der Waals surface area contributed by atoms with Gasteiger partial charge < -0.3 is 10.2 Å². The topological polar surface area (TPSA) is 66.8 Å². The third-order valence-electron chi connectivity index (χ3n) is 2.35. The first-order chi connectivity index (χ1) is 9.54. The van der Waals surface area contributed by atoms with Crippen LogP contribution in [0.3, 0.4) is 0 Å². The van der Waals surface area contributed by atoms with Crippen molar-refractivity contribution in [1.29, 1.82) is 0 Å². The van der Waals surface area contributed by atoms with Crippen molar-refractivity contribution in [3.63, 3.8) is 0 Å². The third-order valence-corrected chi connectivity index (χ3v) is 4.39. The van der Waals surface area contributed by atoms with E-state index in [4.69, 9.17) is 0 Å². The van der Waals surface area contributed by atoms with E-state index in [0.717, 1.165) is 21.6 Å². The Labute approximate surface area is 127 Å². The van der Waals surface area contributed by atoms with E-state index in [9.17, 15) is 0 Å². The van der Waals surface area contributed by atoms with Gasteiger partial charge in [0.1, 0.15) is 0 Å². The average Bonchev–Trinajstić information content (AvgIpc) is 2.86. The smallest absolute Gasteiger partial charge is 0.208 e. The van der Waals surface area contributed by atoms with Gasteiger partial charge in [-0.15, -0.1) is 10.2 Å². The summed E-state index contributed by atoms with van der Waals surface area (Å²) in [6.07, 6.45) is 3.69. The molecule has 0 unspecified atom stereocenters. The highest BCUT2D eigenvalue weighted by Crippen LogP contribution is 2.30. The third kappa shape index (κ3) is 4.39. The van der Waals surface area contributed by atoms with E-state index in [2.05, 4.69) is 39.3 Å². The minimum absolute atomic E-state index is 0.454. The van der Waals surface area contributed by atoms with Crippen LogP contribution in [0.2, 0.25) is 0 Å². The maximum absolute atomic E-state index is 4.34. The molecule has 6 nitrogen and oxygen atoms in total. The van der Waals surface area contributed by atoms with Crippen molar-refractivity contribution in [2.24, 2.45) is 0 Å². The normalized spacial score (nSPS) is 11.1. The summed E-state index contributed by atoms with van der Waals surface area (Å²) in [6, 6.07) is 0.454. The van der Waals surface area contributed by atoms with Gasteiger partial charge in [-0.3, -0.25) is 0 Å². The zero-order valence-electron chi connectivity index (χ0n) is 12.0. The van der Waals surface area contributed by atoms with Gasteiger partial charge in [-0.25, -0.2) is 9.97 Å². The minimum atomic E-state index is 0.454. The average molecular weight is 310 g/mol. The Hall–Kier alpha value is -1.25. The molecule has 2 rings (SSSR count). The van der Waals surface area contributed by atoms with Crippen LogP contribution < -0.4 is 10.2 Å². The van der Waals surface area contributed by atoms with Crippen LogP contribution in [0.1, 0.15) is 19.4 Å². The molecule has 0 aliphatic carbocycles. The van der Waals surface area contributed by atoms with Crippen molar-refractivity contribution in [3.05, 3.63) is 18.0 Å². The number of aromatic nitrogens is 4. The first-order valence-corrected chi connectivity index (χ1v) is 7.91. The molecule has 108 valence electrons. The van der Waals surface area contributed by atoms with Gasteiger partial charge in [0.05, 0.1) is 0 Å². The van der Waals surface area contributed by atoms with Gasteiger partial charge in [0.25, 0.3) is 0 Å². The van der Waals surface area contributed by atoms with Gasteiger partial charge in [0, 0.05) is 44.6 Å². The van der Waals surface area contributed by atoms with Crippen LogP contribution in [0.25, 0.3) is 0 Å². The number of hydrogen-bond donors (Lipinski definition) is 1. The van der Waals surface area contributed by atoms with Crippen molar-refractivity contribution in [2.75, 3.05) is 19.0 Å². The first kappa shape index (κ1) is 15.1. The fourth-order valence-electron chi connectivity index (χ4n) is 1.31. The zero-order chi connectivity index (χ0) is 14.5. The zero-order valence-corrected chi connectivity index (χ0v) is 13.6. The van der Waals surface area contributed by atoms with Gasteiger partial charge in [0.15, 0.2) is 9.50 Å². The van der Waals surface area contributed by atoms with E-state index in [1.54, 1.807) is 0 Å². The summed E-state index contributed by atoms with van der Waals surface area (Å²) in [4.78, 5) is 10.6. The van der Waals surface area contributed by atoms with Crippen LogP contribution >= 0.6 is 23.1 Å². The van der Waals surface area contributed by atoms with Crippen molar-refractivity contribution < 1.29 is 0 Å². The molecule has 0 aliphatic heterocycles. The van der Waals surface area contributed by atoms with E-state index in [0.29, 0.717) is 11.2 Å². The molecule has 0 radical (unpaired) electrons. The van der Waals surface area contributed by atoms with Gasteiger partial charge in [0.2, 0.25) is 5.13 Å². The Morgan fingerprint density at radius 3 is 2.50 bits per heavy atom. The molecule has 0 aliphatic rings. The van der Waals surface area contributed by atoms with Crippen LogP contribution in [-0.4, -0.2) is 40.3 Å². The number of hydrogen-bond acceptors (Lipinski definition) is 8. The molecule has 0 fully saturated rings. The van der Waals surface area contributed by atoms with E-state index in [-0.39, 0.29) is 0 Å². The van der Waals surface area contributed by atoms with Crippen LogP contribution in [0.4, 0.5) is 5.13 Å². The second kappa shape index (κ2) is 6.96. The summed E-state index contributed by atoms with van der Waals surface area (Å²) in [5.41, 5.74) is 1.08. The van der Waals surface area contributed by atoms with E-state index >= 15 is 0 Å². The largest absolute Gasteiger partial charge is 0.353 e. The van der Waals surface area contributed by atoms with Gasteiger partial charge >= 0.3 is 0 Å². The second-order valence-electron chi connectivity index (χ2n) is 4.76. The van der Waals surface area contributed by atoms with E-state index in [1.807, 2.05) is 31.4 Å². The number of rotatable bonds is 6. The van der Waals surface area contributed by atoms with Gasteiger partial charge in [-0.2, -0.15) is 0 Å². The molecule has 0 amide bonds. The van der Waals surface area contributed by atoms with Crippen molar-refractivity contribution in [2.45, 2.75) is 35.9 Å². The van der Waals surface area contributed by atoms with E-state index < -0.39 is 0 Å². The fourth-order valence-corrected chi connectivity index (χ4v) is 2.88. The highest BCUT2D eigenvalue weighted by molar-refractivity contribution is 8.00. The van der Waals surface area contributed by atoms with E-state index in [1.165, 1.54) is 23.1 Å². The lowest BCUT2D eigenvalue weighted by molar-refractivity contribution is 0.585. The number of nitrogens with zero attached hydrogens (tertiary/aromatic N) is 5. The Balaban J connectivity index is 1.95. The lowest BCUT2D eigenvalue weighted by Crippen LogP contribution is -2.21. The molecule has 2 heterocycles. The first-order valence-electron chi connectivity index (χ1n) is 6.27. The number of anilines is 1. The molecule has 0 spiro atoms. The maximum Gasteiger partial charge on any atom is 0.208 e. The summed E-state index contributed by atoms with van der Waals surface area (Å²) in [6.45, 7) is 5.01. The van der Waals surface area contributed by atoms with Crippen LogP contribution in [0, 0.1) is 0 Å². The van der Waals surface area contributed by atoms with Gasteiger partial charge in [-0.1, -0.05) is 25.2 Å². The minimum Gasteiger partial charge on any atom is -0.353 e. The Morgan fingerprint density at radius 2 is 1.95 bits per heavy atom. The van der Waals surface area contributed by atoms with Crippen LogP contribution in [0.15, 0.2) is 21.9 Å². The van der Waals surface area contributed by atoms with Crippen LogP contribution in [0.5, 0.6) is 0 Å². The van der Waals surface area contributed by atoms with Crippen molar-refractivity contribution in [3.8, 4) is 0 Å². The molecule has 2 aromatic heterocycles. The quantitative estimate of drug-likeness (QED) is 0.819. The lowest BCUT2D eigenvalue weighted by atomic mass is 10.3. The summed E-state index contributed by atoms with van der Waals surface area (Å²) < 4.78 is 0.849. The molecular weight excluding hydrogens is 292 g/mol. The standard InChI is InChI=1S/C12H18N6S2/c1-8(2)13-5-9-6-14-10(15-7-9)19-12-17-16-11(20-12)18(3)4/h6-8,13H,5H2,1-4H3. The molecular formula is C12H18N6S2. The monoisotopic (exact) mass is 310 g/mol. The lowest BCUT2D eigenvalue weighted by Gasteiger charge is -2.07. The fraction of sp³-hybridized carbons (Fsp3) is 0.500. The van der Waals surface area contributed by atoms with Crippen molar-refractivity contribution >= 4 is 28.2 Å². The second-order valence-corrected chi connectivity index (χ2v) is 6.93. The number of nitrogens with one attached hydrogen (secondary N) is 1. The van der Waals surface area contributed by atoms with Gasteiger partial charge in [-0.05, 0) is 11.8 Å². The SMILES string of the molecule is CC(C)NCc1cnc(Sc2nnc(N(C)C)s2)nc1.